The van der Waals surface area contributed by atoms with Crippen LogP contribution in [0.25, 0.3) is 10.8 Å². The molecular formula is C34H40N6O6. The Bertz CT molecular complexity index is 1710. The molecule has 1 aliphatic rings. The van der Waals surface area contributed by atoms with Crippen LogP contribution in [0.2, 0.25) is 0 Å². The molecule has 1 aliphatic heterocycles. The van der Waals surface area contributed by atoms with E-state index in [1.54, 1.807) is 50.9 Å². The maximum atomic E-state index is 13.6. The van der Waals surface area contributed by atoms with Crippen molar-refractivity contribution in [3.63, 3.8) is 0 Å². The summed E-state index contributed by atoms with van der Waals surface area (Å²) in [7, 11) is 1.66. The van der Waals surface area contributed by atoms with Gasteiger partial charge in [0.2, 0.25) is 5.91 Å². The van der Waals surface area contributed by atoms with Crippen molar-refractivity contribution in [1.29, 1.82) is 0 Å². The minimum Gasteiger partial charge on any atom is -0.488 e. The van der Waals surface area contributed by atoms with E-state index in [1.807, 2.05) is 49.4 Å². The molecule has 0 bridgehead atoms. The Morgan fingerprint density at radius 3 is 2.59 bits per heavy atom. The molecule has 1 aromatic heterocycles. The molecule has 12 nitrogen and oxygen atoms in total. The fraction of sp³-hybridized carbons (Fsp3) is 0.353. The van der Waals surface area contributed by atoms with Crippen LogP contribution in [0.15, 0.2) is 65.2 Å². The molecule has 0 aliphatic carbocycles. The molecule has 2 heterocycles. The lowest BCUT2D eigenvalue weighted by Gasteiger charge is -2.34. The van der Waals surface area contributed by atoms with Crippen LogP contribution in [0.5, 0.6) is 5.75 Å². The van der Waals surface area contributed by atoms with Gasteiger partial charge in [-0.25, -0.2) is 9.59 Å². The van der Waals surface area contributed by atoms with Gasteiger partial charge < -0.3 is 40.1 Å². The Balaban J connectivity index is 1.37. The van der Waals surface area contributed by atoms with Crippen molar-refractivity contribution >= 4 is 45.8 Å². The van der Waals surface area contributed by atoms with Gasteiger partial charge in [-0.05, 0) is 50.4 Å². The Labute approximate surface area is 267 Å². The van der Waals surface area contributed by atoms with E-state index in [2.05, 4.69) is 21.1 Å². The summed E-state index contributed by atoms with van der Waals surface area (Å²) in [5, 5.41) is 24.4. The van der Waals surface area contributed by atoms with Crippen molar-refractivity contribution in [3.8, 4) is 5.75 Å². The lowest BCUT2D eigenvalue weighted by atomic mass is 10.0. The molecule has 46 heavy (non-hydrogen) atoms. The number of carbonyl (C=O) groups excluding carboxylic acids is 3. The van der Waals surface area contributed by atoms with Gasteiger partial charge in [0.05, 0.1) is 31.3 Å². The van der Waals surface area contributed by atoms with Crippen molar-refractivity contribution in [2.24, 2.45) is 5.92 Å². The first kappa shape index (κ1) is 32.3. The molecule has 242 valence electrons. The highest BCUT2D eigenvalue weighted by atomic mass is 16.5. The van der Waals surface area contributed by atoms with Gasteiger partial charge in [0, 0.05) is 36.1 Å². The Morgan fingerprint density at radius 2 is 1.85 bits per heavy atom. The molecule has 3 aromatic carbocycles. The van der Waals surface area contributed by atoms with Crippen LogP contribution in [0.1, 0.15) is 30.9 Å². The van der Waals surface area contributed by atoms with E-state index in [1.165, 1.54) is 4.90 Å². The van der Waals surface area contributed by atoms with Crippen LogP contribution >= 0.6 is 0 Å². The highest BCUT2D eigenvalue weighted by molar-refractivity contribution is 6.06. The molecular weight excluding hydrogens is 588 g/mol. The van der Waals surface area contributed by atoms with Crippen molar-refractivity contribution in [1.82, 2.24) is 15.0 Å². The third-order valence-electron chi connectivity index (χ3n) is 8.28. The number of hydrogen-bond acceptors (Lipinski definition) is 7. The number of fused-ring (bicyclic) bond motifs is 2. The van der Waals surface area contributed by atoms with Gasteiger partial charge in [-0.1, -0.05) is 48.5 Å². The zero-order valence-electron chi connectivity index (χ0n) is 26.7. The molecule has 0 unspecified atom stereocenters. The minimum atomic E-state index is -0.507. The van der Waals surface area contributed by atoms with Crippen LogP contribution in [0.4, 0.5) is 26.7 Å². The fourth-order valence-corrected chi connectivity index (χ4v) is 5.56. The van der Waals surface area contributed by atoms with E-state index in [9.17, 15) is 19.5 Å². The summed E-state index contributed by atoms with van der Waals surface area (Å²) in [4.78, 5) is 42.9. The average molecular weight is 629 g/mol. The highest BCUT2D eigenvalue weighted by Gasteiger charge is 2.32. The van der Waals surface area contributed by atoms with E-state index in [0.29, 0.717) is 46.4 Å². The van der Waals surface area contributed by atoms with Crippen LogP contribution < -0.4 is 20.7 Å². The van der Waals surface area contributed by atoms with Gasteiger partial charge in [0.25, 0.3) is 0 Å². The lowest BCUT2D eigenvalue weighted by Crippen LogP contribution is -2.48. The molecule has 0 spiro atoms. The molecule has 0 radical (unpaired) electrons. The average Bonchev–Trinajstić information content (AvgIpc) is 3.37. The number of aromatic nitrogens is 1. The van der Waals surface area contributed by atoms with Crippen molar-refractivity contribution in [2.45, 2.75) is 46.3 Å². The predicted molar refractivity (Wildman–Crippen MR) is 176 cm³/mol. The Kier molecular flexibility index (Phi) is 9.76. The van der Waals surface area contributed by atoms with Crippen molar-refractivity contribution < 1.29 is 28.8 Å². The number of ether oxygens (including phenoxy) is 1. The van der Waals surface area contributed by atoms with Gasteiger partial charge in [-0.15, -0.1) is 0 Å². The quantitative estimate of drug-likeness (QED) is 0.214. The number of rotatable bonds is 7. The van der Waals surface area contributed by atoms with Gasteiger partial charge >= 0.3 is 12.1 Å². The zero-order chi connectivity index (χ0) is 33.0. The number of nitrogens with zero attached hydrogens (tertiary/aromatic N) is 3. The second-order valence-electron chi connectivity index (χ2n) is 11.8. The monoisotopic (exact) mass is 628 g/mol. The van der Waals surface area contributed by atoms with Gasteiger partial charge in [0.1, 0.15) is 23.2 Å². The molecule has 5 rings (SSSR count). The van der Waals surface area contributed by atoms with Crippen LogP contribution in [0.3, 0.4) is 0 Å². The number of likely N-dealkylation sites (N-methyl/N-ethyl adjacent to an activating group) is 1. The number of carbonyl (C=O) groups is 3. The Hall–Kier alpha value is -5.10. The highest BCUT2D eigenvalue weighted by Crippen LogP contribution is 2.30. The summed E-state index contributed by atoms with van der Waals surface area (Å²) in [5.74, 6) is 0.592. The fourth-order valence-electron chi connectivity index (χ4n) is 5.56. The van der Waals surface area contributed by atoms with Crippen LogP contribution in [-0.2, 0) is 11.2 Å². The summed E-state index contributed by atoms with van der Waals surface area (Å²) >= 11 is 0. The third kappa shape index (κ3) is 7.23. The summed E-state index contributed by atoms with van der Waals surface area (Å²) in [6, 6.07) is 17.4. The van der Waals surface area contributed by atoms with Gasteiger partial charge in [-0.2, -0.15) is 0 Å². The van der Waals surface area contributed by atoms with Gasteiger partial charge in [-0.3, -0.25) is 4.79 Å². The minimum absolute atomic E-state index is 0.00193. The number of urea groups is 2. The maximum Gasteiger partial charge on any atom is 0.323 e. The molecule has 3 atom stereocenters. The maximum absolute atomic E-state index is 13.6. The van der Waals surface area contributed by atoms with Gasteiger partial charge in [0.15, 0.2) is 5.76 Å². The number of anilines is 3. The molecule has 0 saturated heterocycles. The molecule has 4 N–H and O–H groups in total. The van der Waals surface area contributed by atoms with Crippen LogP contribution in [-0.4, -0.2) is 76.9 Å². The lowest BCUT2D eigenvalue weighted by molar-refractivity contribution is -0.134. The summed E-state index contributed by atoms with van der Waals surface area (Å²) in [6.07, 6.45) is -0.506. The third-order valence-corrected chi connectivity index (χ3v) is 8.28. The SMILES string of the molecule is Cc1noc(C)c1NC(=O)N(C)C[C@H]1Oc2ccc(NC(=O)Nc3cccc4ccccc34)cc2CC(=O)N([C@@H](C)CO)C[C@@H]1C. The first-order valence-electron chi connectivity index (χ1n) is 15.2. The van der Waals surface area contributed by atoms with E-state index in [-0.39, 0.29) is 37.4 Å². The summed E-state index contributed by atoms with van der Waals surface area (Å²) < 4.78 is 11.7. The number of aryl methyl sites for hydroxylation is 2. The number of aliphatic hydroxyl groups excluding tert-OH is 1. The molecule has 0 saturated carbocycles. The summed E-state index contributed by atoms with van der Waals surface area (Å²) in [6.45, 7) is 7.53. The molecule has 4 aromatic rings. The first-order chi connectivity index (χ1) is 22.0. The molecule has 12 heteroatoms. The largest absolute Gasteiger partial charge is 0.488 e. The second kappa shape index (κ2) is 13.9. The molecule has 5 amide bonds. The zero-order valence-corrected chi connectivity index (χ0v) is 26.7. The van der Waals surface area contributed by atoms with Crippen molar-refractivity contribution in [2.75, 3.05) is 42.7 Å². The van der Waals surface area contributed by atoms with E-state index in [4.69, 9.17) is 9.26 Å². The topological polar surface area (TPSA) is 149 Å². The van der Waals surface area contributed by atoms with E-state index in [0.717, 1.165) is 10.8 Å². The number of hydrogen-bond donors (Lipinski definition) is 4. The predicted octanol–water partition coefficient (Wildman–Crippen LogP) is 5.40. The number of nitrogens with one attached hydrogen (secondary N) is 3. The normalized spacial score (nSPS) is 17.2. The Morgan fingerprint density at radius 1 is 1.09 bits per heavy atom. The second-order valence-corrected chi connectivity index (χ2v) is 11.8. The smallest absolute Gasteiger partial charge is 0.323 e. The summed E-state index contributed by atoms with van der Waals surface area (Å²) in [5.41, 5.74) is 2.82. The number of benzene rings is 3. The van der Waals surface area contributed by atoms with E-state index >= 15 is 0 Å². The number of aliphatic hydroxyl groups is 1. The number of amides is 5. The standard InChI is InChI=1S/C34H40N6O6/c1-20-17-40(21(2)19-41)31(42)16-25-15-26(35-33(43)36-28-12-8-10-24-9-6-7-11-27(24)28)13-14-29(25)45-30(20)18-39(5)34(44)37-32-22(3)38-46-23(32)4/h6-15,20-21,30,41H,16-19H2,1-5H3,(H,37,44)(H2,35,36,43)/t20-,21-,30+/m0/s1. The molecule has 0 fully saturated rings. The van der Waals surface area contributed by atoms with Crippen molar-refractivity contribution in [3.05, 3.63) is 77.7 Å². The van der Waals surface area contributed by atoms with Crippen LogP contribution in [0, 0.1) is 19.8 Å². The van der Waals surface area contributed by atoms with E-state index < -0.39 is 18.2 Å². The first-order valence-corrected chi connectivity index (χ1v) is 15.2.